The van der Waals surface area contributed by atoms with Gasteiger partial charge in [-0.15, -0.1) is 23.1 Å². The van der Waals surface area contributed by atoms with Crippen molar-refractivity contribution in [3.05, 3.63) is 38.7 Å². The monoisotopic (exact) mass is 508 g/mol. The number of amides is 2. The molecular weight excluding hydrogens is 488 g/mol. The Bertz CT molecular complexity index is 1020. The average molecular weight is 509 g/mol. The van der Waals surface area contributed by atoms with Gasteiger partial charge in [0, 0.05) is 20.7 Å². The topological polar surface area (TPSA) is 84.5 Å². The highest BCUT2D eigenvalue weighted by Gasteiger charge is 2.31. The van der Waals surface area contributed by atoms with Gasteiger partial charge in [0.1, 0.15) is 5.00 Å². The number of nitrogens with one attached hydrogen (secondary N) is 2. The number of hydrogen-bond acceptors (Lipinski definition) is 6. The van der Waals surface area contributed by atoms with Gasteiger partial charge in [-0.2, -0.15) is 0 Å². The number of benzene rings is 1. The molecule has 2 N–H and O–H groups in total. The Balaban J connectivity index is 1.50. The molecule has 0 spiro atoms. The summed E-state index contributed by atoms with van der Waals surface area (Å²) in [4.78, 5) is 39.9. The number of ether oxygens (including phenoxy) is 1. The molecule has 6 nitrogen and oxygen atoms in total. The van der Waals surface area contributed by atoms with Crippen molar-refractivity contribution in [3.63, 3.8) is 0 Å². The molecule has 4 rings (SSSR count). The second-order valence-corrected chi connectivity index (χ2v) is 10.4. The predicted molar refractivity (Wildman–Crippen MR) is 123 cm³/mol. The van der Waals surface area contributed by atoms with Crippen LogP contribution in [0.1, 0.15) is 47.0 Å². The summed E-state index contributed by atoms with van der Waals surface area (Å²) in [5.74, 6) is -0.874. The summed E-state index contributed by atoms with van der Waals surface area (Å²) in [6.07, 6.45) is 3.87. The van der Waals surface area contributed by atoms with Crippen LogP contribution in [0.4, 0.5) is 10.7 Å². The number of halogens is 1. The fourth-order valence-corrected chi connectivity index (χ4v) is 6.42. The van der Waals surface area contributed by atoms with Gasteiger partial charge in [-0.25, -0.2) is 4.79 Å². The molecular formula is C21H21BrN2O4S2. The van der Waals surface area contributed by atoms with E-state index >= 15 is 0 Å². The molecule has 0 bridgehead atoms. The highest BCUT2D eigenvalue weighted by Crippen LogP contribution is 2.40. The Morgan fingerprint density at radius 1 is 1.30 bits per heavy atom. The van der Waals surface area contributed by atoms with Gasteiger partial charge in [-0.1, -0.05) is 15.9 Å². The second-order valence-electron chi connectivity index (χ2n) is 7.12. The fourth-order valence-electron chi connectivity index (χ4n) is 3.68. The lowest BCUT2D eigenvalue weighted by Crippen LogP contribution is -2.32. The first-order chi connectivity index (χ1) is 14.5. The third-order valence-electron chi connectivity index (χ3n) is 5.04. The number of thiophene rings is 1. The molecule has 158 valence electrons. The van der Waals surface area contributed by atoms with Crippen LogP contribution in [0, 0.1) is 0 Å². The molecule has 1 aliphatic carbocycles. The maximum atomic E-state index is 12.8. The van der Waals surface area contributed by atoms with Crippen LogP contribution in [0.25, 0.3) is 0 Å². The van der Waals surface area contributed by atoms with E-state index in [4.69, 9.17) is 4.74 Å². The number of aryl methyl sites for hydroxylation is 1. The normalized spacial score (nSPS) is 17.5. The SMILES string of the molecule is CCOC(=O)c1c(NC(=O)CC2Sc3ccc(Br)cc3NC2=O)sc2c1CCCC2. The predicted octanol–water partition coefficient (Wildman–Crippen LogP) is 5.01. The molecule has 1 atom stereocenters. The van der Waals surface area contributed by atoms with Crippen molar-refractivity contribution in [2.45, 2.75) is 49.2 Å². The van der Waals surface area contributed by atoms with Gasteiger partial charge in [0.2, 0.25) is 11.8 Å². The number of anilines is 2. The molecule has 1 aromatic heterocycles. The number of carbonyl (C=O) groups is 3. The molecule has 9 heteroatoms. The van der Waals surface area contributed by atoms with Crippen LogP contribution in [-0.4, -0.2) is 29.6 Å². The van der Waals surface area contributed by atoms with Crippen molar-refractivity contribution in [1.29, 1.82) is 0 Å². The minimum Gasteiger partial charge on any atom is -0.462 e. The highest BCUT2D eigenvalue weighted by atomic mass is 79.9. The van der Waals surface area contributed by atoms with Gasteiger partial charge in [0.05, 0.1) is 23.1 Å². The lowest BCUT2D eigenvalue weighted by Gasteiger charge is -2.23. The van der Waals surface area contributed by atoms with E-state index in [9.17, 15) is 14.4 Å². The number of rotatable bonds is 5. The van der Waals surface area contributed by atoms with E-state index in [1.807, 2.05) is 18.2 Å². The van der Waals surface area contributed by atoms with Gasteiger partial charge >= 0.3 is 5.97 Å². The summed E-state index contributed by atoms with van der Waals surface area (Å²) in [7, 11) is 0. The van der Waals surface area contributed by atoms with E-state index in [2.05, 4.69) is 26.6 Å². The van der Waals surface area contributed by atoms with Crippen LogP contribution in [0.2, 0.25) is 0 Å². The van der Waals surface area contributed by atoms with Crippen LogP contribution in [0.3, 0.4) is 0 Å². The molecule has 2 amide bonds. The van der Waals surface area contributed by atoms with Crippen molar-refractivity contribution in [1.82, 2.24) is 0 Å². The van der Waals surface area contributed by atoms with E-state index in [1.165, 1.54) is 23.1 Å². The highest BCUT2D eigenvalue weighted by molar-refractivity contribution is 9.10. The Hall–Kier alpha value is -1.84. The molecule has 0 fully saturated rings. The summed E-state index contributed by atoms with van der Waals surface area (Å²) in [5, 5.41) is 5.76. The first-order valence-corrected chi connectivity index (χ1v) is 12.3. The number of esters is 1. The lowest BCUT2D eigenvalue weighted by molar-refractivity contribution is -0.120. The van der Waals surface area contributed by atoms with E-state index in [-0.39, 0.29) is 24.8 Å². The smallest absolute Gasteiger partial charge is 0.341 e. The number of carbonyl (C=O) groups excluding carboxylic acids is 3. The van der Waals surface area contributed by atoms with E-state index in [0.717, 1.165) is 51.2 Å². The summed E-state index contributed by atoms with van der Waals surface area (Å²) in [6, 6.07) is 5.67. The maximum Gasteiger partial charge on any atom is 0.341 e. The molecule has 0 saturated carbocycles. The van der Waals surface area contributed by atoms with Crippen LogP contribution in [0.15, 0.2) is 27.6 Å². The molecule has 30 heavy (non-hydrogen) atoms. The van der Waals surface area contributed by atoms with Gasteiger partial charge in [-0.3, -0.25) is 9.59 Å². The summed E-state index contributed by atoms with van der Waals surface area (Å²) >= 11 is 6.22. The standard InChI is InChI=1S/C21H21BrN2O4S2/c1-2-28-21(27)18-12-5-3-4-6-14(12)30-20(18)24-17(25)10-16-19(26)23-13-9-11(22)7-8-15(13)29-16/h7-9,16H,2-6,10H2,1H3,(H,23,26)(H,24,25). The van der Waals surface area contributed by atoms with Gasteiger partial charge < -0.3 is 15.4 Å². The Labute approximate surface area is 191 Å². The van der Waals surface area contributed by atoms with Crippen LogP contribution in [-0.2, 0) is 27.2 Å². The minimum atomic E-state index is -0.528. The third-order valence-corrected chi connectivity index (χ3v) is 8.01. The summed E-state index contributed by atoms with van der Waals surface area (Å²) in [5.41, 5.74) is 2.23. The molecule has 2 aromatic rings. The number of fused-ring (bicyclic) bond motifs is 2. The molecule has 0 saturated heterocycles. The Morgan fingerprint density at radius 2 is 2.10 bits per heavy atom. The fraction of sp³-hybridized carbons (Fsp3) is 0.381. The van der Waals surface area contributed by atoms with Crippen molar-refractivity contribution in [2.75, 3.05) is 17.2 Å². The Kier molecular flexibility index (Phi) is 6.50. The van der Waals surface area contributed by atoms with Crippen LogP contribution >= 0.6 is 39.0 Å². The summed E-state index contributed by atoms with van der Waals surface area (Å²) < 4.78 is 6.12. The molecule has 0 radical (unpaired) electrons. The zero-order valence-electron chi connectivity index (χ0n) is 16.4. The largest absolute Gasteiger partial charge is 0.462 e. The zero-order chi connectivity index (χ0) is 21.3. The van der Waals surface area contributed by atoms with E-state index < -0.39 is 11.2 Å². The molecule has 1 aromatic carbocycles. The number of hydrogen-bond donors (Lipinski definition) is 2. The quantitative estimate of drug-likeness (QED) is 0.554. The van der Waals surface area contributed by atoms with Crippen molar-refractivity contribution in [3.8, 4) is 0 Å². The van der Waals surface area contributed by atoms with E-state index in [1.54, 1.807) is 6.92 Å². The minimum absolute atomic E-state index is 0.0246. The van der Waals surface area contributed by atoms with Crippen molar-refractivity contribution < 1.29 is 19.1 Å². The summed E-state index contributed by atoms with van der Waals surface area (Å²) in [6.45, 7) is 2.05. The third kappa shape index (κ3) is 4.43. The number of thioether (sulfide) groups is 1. The van der Waals surface area contributed by atoms with Crippen molar-refractivity contribution in [2.24, 2.45) is 0 Å². The van der Waals surface area contributed by atoms with Gasteiger partial charge in [0.25, 0.3) is 0 Å². The molecule has 1 aliphatic heterocycles. The van der Waals surface area contributed by atoms with Gasteiger partial charge in [0.15, 0.2) is 0 Å². The Morgan fingerprint density at radius 3 is 2.90 bits per heavy atom. The first-order valence-electron chi connectivity index (χ1n) is 9.84. The van der Waals surface area contributed by atoms with E-state index in [0.29, 0.717) is 10.6 Å². The molecule has 2 aliphatic rings. The van der Waals surface area contributed by atoms with Crippen molar-refractivity contribution >= 4 is 67.5 Å². The van der Waals surface area contributed by atoms with Gasteiger partial charge in [-0.05, 0) is 56.4 Å². The first kappa shape index (κ1) is 21.4. The zero-order valence-corrected chi connectivity index (χ0v) is 19.6. The van der Waals surface area contributed by atoms with Crippen LogP contribution in [0.5, 0.6) is 0 Å². The molecule has 1 unspecified atom stereocenters. The average Bonchev–Trinajstić information content (AvgIpc) is 3.06. The maximum absolute atomic E-state index is 12.8. The molecule has 2 heterocycles. The van der Waals surface area contributed by atoms with Crippen LogP contribution < -0.4 is 10.6 Å². The second kappa shape index (κ2) is 9.11. The lowest BCUT2D eigenvalue weighted by atomic mass is 9.95.